The fraction of sp³-hybridized carbons (Fsp3) is 0.238. The third kappa shape index (κ3) is 6.75. The zero-order chi connectivity index (χ0) is 20.7. The van der Waals surface area contributed by atoms with E-state index in [0.29, 0.717) is 36.2 Å². The Balaban J connectivity index is 0.00000320. The fourth-order valence-corrected chi connectivity index (χ4v) is 2.63. The van der Waals surface area contributed by atoms with Crippen molar-refractivity contribution in [1.29, 1.82) is 0 Å². The summed E-state index contributed by atoms with van der Waals surface area (Å²) in [4.78, 5) is 8.79. The van der Waals surface area contributed by atoms with Crippen LogP contribution in [0.3, 0.4) is 0 Å². The lowest BCUT2D eigenvalue weighted by Crippen LogP contribution is -2.36. The highest BCUT2D eigenvalue weighted by atomic mass is 127. The van der Waals surface area contributed by atoms with Crippen molar-refractivity contribution in [3.05, 3.63) is 77.7 Å². The average molecular weight is 530 g/mol. The van der Waals surface area contributed by atoms with Gasteiger partial charge in [-0.15, -0.1) is 24.0 Å². The molecule has 0 aliphatic heterocycles. The van der Waals surface area contributed by atoms with Crippen LogP contribution in [-0.4, -0.2) is 17.5 Å². The maximum absolute atomic E-state index is 12.8. The Morgan fingerprint density at radius 2 is 1.83 bits per heavy atom. The first-order valence-corrected chi connectivity index (χ1v) is 9.14. The number of halogens is 4. The number of alkyl halides is 3. The van der Waals surface area contributed by atoms with Crippen LogP contribution in [0, 0.1) is 0 Å². The van der Waals surface area contributed by atoms with Crippen molar-refractivity contribution < 1.29 is 17.6 Å². The maximum Gasteiger partial charge on any atom is 0.416 e. The van der Waals surface area contributed by atoms with E-state index in [-0.39, 0.29) is 30.5 Å². The van der Waals surface area contributed by atoms with Crippen LogP contribution in [0.5, 0.6) is 0 Å². The Morgan fingerprint density at radius 1 is 1.07 bits per heavy atom. The number of rotatable bonds is 6. The summed E-state index contributed by atoms with van der Waals surface area (Å²) in [6.07, 6.45) is -2.81. The van der Waals surface area contributed by atoms with Gasteiger partial charge in [0.05, 0.1) is 24.3 Å². The van der Waals surface area contributed by atoms with E-state index in [4.69, 9.17) is 4.42 Å². The maximum atomic E-state index is 12.8. The van der Waals surface area contributed by atoms with Gasteiger partial charge in [-0.05, 0) is 36.8 Å². The number of nitrogens with one attached hydrogen (secondary N) is 2. The first-order chi connectivity index (χ1) is 14.0. The SMILES string of the molecule is CCNC(=NCc1cccc(C(F)(F)F)c1)NCc1coc(-c2ccccc2)n1.I. The molecule has 0 radical (unpaired) electrons. The molecule has 0 saturated heterocycles. The van der Waals surface area contributed by atoms with E-state index in [1.807, 2.05) is 37.3 Å². The molecule has 2 aromatic carbocycles. The van der Waals surface area contributed by atoms with Gasteiger partial charge in [0.25, 0.3) is 0 Å². The Morgan fingerprint density at radius 3 is 2.53 bits per heavy atom. The quantitative estimate of drug-likeness (QED) is 0.260. The number of aliphatic imine (C=N–C) groups is 1. The molecule has 5 nitrogen and oxygen atoms in total. The van der Waals surface area contributed by atoms with E-state index >= 15 is 0 Å². The highest BCUT2D eigenvalue weighted by Gasteiger charge is 2.30. The van der Waals surface area contributed by atoms with Crippen LogP contribution in [0.1, 0.15) is 23.7 Å². The van der Waals surface area contributed by atoms with Gasteiger partial charge < -0.3 is 15.1 Å². The van der Waals surface area contributed by atoms with Crippen LogP contribution < -0.4 is 10.6 Å². The van der Waals surface area contributed by atoms with Crippen molar-refractivity contribution in [1.82, 2.24) is 15.6 Å². The summed E-state index contributed by atoms with van der Waals surface area (Å²) < 4.78 is 44.0. The van der Waals surface area contributed by atoms with E-state index in [1.54, 1.807) is 12.3 Å². The van der Waals surface area contributed by atoms with Gasteiger partial charge in [0.2, 0.25) is 5.89 Å². The van der Waals surface area contributed by atoms with E-state index in [2.05, 4.69) is 20.6 Å². The summed E-state index contributed by atoms with van der Waals surface area (Å²) in [6, 6.07) is 14.7. The van der Waals surface area contributed by atoms with Crippen molar-refractivity contribution in [3.63, 3.8) is 0 Å². The minimum absolute atomic E-state index is 0. The summed E-state index contributed by atoms with van der Waals surface area (Å²) in [5.74, 6) is 1.00. The Bertz CT molecular complexity index is 958. The van der Waals surface area contributed by atoms with Crippen molar-refractivity contribution in [3.8, 4) is 11.5 Å². The van der Waals surface area contributed by atoms with Gasteiger partial charge in [0.15, 0.2) is 5.96 Å². The zero-order valence-corrected chi connectivity index (χ0v) is 18.6. The first kappa shape index (κ1) is 23.7. The second kappa shape index (κ2) is 11.0. The van der Waals surface area contributed by atoms with E-state index in [1.165, 1.54) is 6.07 Å². The second-order valence-corrected chi connectivity index (χ2v) is 6.26. The number of guanidine groups is 1. The lowest BCUT2D eigenvalue weighted by Gasteiger charge is -2.11. The minimum Gasteiger partial charge on any atom is -0.444 e. The van der Waals surface area contributed by atoms with Gasteiger partial charge in [-0.3, -0.25) is 0 Å². The third-order valence-corrected chi connectivity index (χ3v) is 4.03. The van der Waals surface area contributed by atoms with Crippen LogP contribution in [0.4, 0.5) is 13.2 Å². The molecule has 160 valence electrons. The molecule has 0 fully saturated rings. The number of benzene rings is 2. The molecule has 1 aromatic heterocycles. The van der Waals surface area contributed by atoms with Crippen molar-refractivity contribution in [2.75, 3.05) is 6.54 Å². The first-order valence-electron chi connectivity index (χ1n) is 9.14. The van der Waals surface area contributed by atoms with Crippen LogP contribution in [0.15, 0.2) is 70.3 Å². The molecule has 0 saturated carbocycles. The molecule has 0 spiro atoms. The molecule has 0 aliphatic carbocycles. The molecular weight excluding hydrogens is 508 g/mol. The minimum atomic E-state index is -4.37. The fourth-order valence-electron chi connectivity index (χ4n) is 2.63. The molecule has 0 amide bonds. The molecule has 2 N–H and O–H groups in total. The zero-order valence-electron chi connectivity index (χ0n) is 16.2. The van der Waals surface area contributed by atoms with Crippen LogP contribution in [0.25, 0.3) is 11.5 Å². The highest BCUT2D eigenvalue weighted by Crippen LogP contribution is 2.29. The summed E-state index contributed by atoms with van der Waals surface area (Å²) >= 11 is 0. The lowest BCUT2D eigenvalue weighted by atomic mass is 10.1. The van der Waals surface area contributed by atoms with Crippen molar-refractivity contribution in [2.24, 2.45) is 4.99 Å². The standard InChI is InChI=1S/C21H21F3N4O.HI/c1-2-25-20(26-12-15-7-6-10-17(11-15)21(22,23)24)27-13-18-14-29-19(28-18)16-8-4-3-5-9-16;/h3-11,14H,2,12-13H2,1H3,(H2,25,26,27);1H. The summed E-state index contributed by atoms with van der Waals surface area (Å²) in [5, 5.41) is 6.18. The summed E-state index contributed by atoms with van der Waals surface area (Å²) in [7, 11) is 0. The number of nitrogens with zero attached hydrogens (tertiary/aromatic N) is 2. The molecule has 30 heavy (non-hydrogen) atoms. The second-order valence-electron chi connectivity index (χ2n) is 6.26. The largest absolute Gasteiger partial charge is 0.444 e. The lowest BCUT2D eigenvalue weighted by molar-refractivity contribution is -0.137. The van der Waals surface area contributed by atoms with Gasteiger partial charge >= 0.3 is 6.18 Å². The summed E-state index contributed by atoms with van der Waals surface area (Å²) in [5.41, 5.74) is 1.36. The van der Waals surface area contributed by atoms with Crippen molar-refractivity contribution in [2.45, 2.75) is 26.2 Å². The van der Waals surface area contributed by atoms with Gasteiger partial charge in [-0.2, -0.15) is 13.2 Å². The Kier molecular flexibility index (Phi) is 8.70. The molecule has 1 heterocycles. The van der Waals surface area contributed by atoms with E-state index < -0.39 is 11.7 Å². The molecule has 3 aromatic rings. The Hall–Kier alpha value is -2.56. The van der Waals surface area contributed by atoms with Crippen molar-refractivity contribution >= 4 is 29.9 Å². The van der Waals surface area contributed by atoms with Gasteiger partial charge in [0.1, 0.15) is 6.26 Å². The van der Waals surface area contributed by atoms with Gasteiger partial charge in [-0.1, -0.05) is 30.3 Å². The molecule has 0 aliphatic rings. The summed E-state index contributed by atoms with van der Waals surface area (Å²) in [6.45, 7) is 3.01. The predicted octanol–water partition coefficient (Wildman–Crippen LogP) is 5.23. The number of oxazole rings is 1. The van der Waals surface area contributed by atoms with E-state index in [9.17, 15) is 13.2 Å². The van der Waals surface area contributed by atoms with Crippen LogP contribution in [-0.2, 0) is 19.3 Å². The van der Waals surface area contributed by atoms with E-state index in [0.717, 1.165) is 17.7 Å². The number of hydrogen-bond acceptors (Lipinski definition) is 3. The third-order valence-electron chi connectivity index (χ3n) is 4.03. The number of hydrogen-bond donors (Lipinski definition) is 2. The Labute approximate surface area is 189 Å². The van der Waals surface area contributed by atoms with Gasteiger partial charge in [-0.25, -0.2) is 9.98 Å². The normalized spacial score (nSPS) is 11.7. The van der Waals surface area contributed by atoms with Gasteiger partial charge in [0, 0.05) is 12.1 Å². The predicted molar refractivity (Wildman–Crippen MR) is 120 cm³/mol. The topological polar surface area (TPSA) is 62.5 Å². The average Bonchev–Trinajstić information content (AvgIpc) is 3.19. The molecule has 0 unspecified atom stereocenters. The molecular formula is C21H22F3IN4O. The molecule has 0 bridgehead atoms. The molecule has 3 rings (SSSR count). The highest BCUT2D eigenvalue weighted by molar-refractivity contribution is 14.0. The molecule has 0 atom stereocenters. The number of aromatic nitrogens is 1. The monoisotopic (exact) mass is 530 g/mol. The smallest absolute Gasteiger partial charge is 0.416 e. The van der Waals surface area contributed by atoms with Crippen LogP contribution in [0.2, 0.25) is 0 Å². The molecule has 9 heteroatoms. The van der Waals surface area contributed by atoms with Crippen LogP contribution >= 0.6 is 24.0 Å².